The van der Waals surface area contributed by atoms with Gasteiger partial charge in [0.1, 0.15) is 24.0 Å². The van der Waals surface area contributed by atoms with Gasteiger partial charge < -0.3 is 15.4 Å². The number of anilines is 1. The van der Waals surface area contributed by atoms with E-state index in [1.54, 1.807) is 0 Å². The van der Waals surface area contributed by atoms with E-state index >= 15 is 0 Å². The highest BCUT2D eigenvalue weighted by Gasteiger charge is 2.06. The van der Waals surface area contributed by atoms with Gasteiger partial charge in [-0.25, -0.2) is 8.78 Å². The van der Waals surface area contributed by atoms with Crippen LogP contribution in [-0.4, -0.2) is 25.6 Å². The standard InChI is InChI=1S/C16H16F2N2O2/c17-12-6-7-14(18)15(10-12)20-11-16(21)19-8-9-22-13-4-2-1-3-5-13/h1-7,10,20H,8-9,11H2,(H,19,21). The lowest BCUT2D eigenvalue weighted by atomic mass is 10.3. The number of halogens is 2. The predicted octanol–water partition coefficient (Wildman–Crippen LogP) is 2.57. The van der Waals surface area contributed by atoms with Crippen LogP contribution in [0.2, 0.25) is 0 Å². The van der Waals surface area contributed by atoms with Gasteiger partial charge in [-0.3, -0.25) is 4.79 Å². The normalized spacial score (nSPS) is 10.1. The number of para-hydroxylation sites is 1. The fraction of sp³-hybridized carbons (Fsp3) is 0.188. The zero-order valence-electron chi connectivity index (χ0n) is 11.8. The quantitative estimate of drug-likeness (QED) is 0.773. The van der Waals surface area contributed by atoms with Crippen LogP contribution in [0.25, 0.3) is 0 Å². The topological polar surface area (TPSA) is 50.4 Å². The molecule has 0 spiro atoms. The maximum atomic E-state index is 13.3. The average Bonchev–Trinajstić information content (AvgIpc) is 2.53. The van der Waals surface area contributed by atoms with Crippen molar-refractivity contribution in [2.75, 3.05) is 25.0 Å². The van der Waals surface area contributed by atoms with Gasteiger partial charge in [-0.15, -0.1) is 0 Å². The molecule has 0 aliphatic rings. The third-order valence-electron chi connectivity index (χ3n) is 2.80. The number of hydrogen-bond acceptors (Lipinski definition) is 3. The van der Waals surface area contributed by atoms with Gasteiger partial charge in [-0.05, 0) is 30.3 Å². The van der Waals surface area contributed by atoms with Crippen molar-refractivity contribution < 1.29 is 18.3 Å². The fourth-order valence-electron chi connectivity index (χ4n) is 1.75. The number of nitrogens with one attached hydrogen (secondary N) is 2. The lowest BCUT2D eigenvalue weighted by Crippen LogP contribution is -2.33. The van der Waals surface area contributed by atoms with E-state index in [1.807, 2.05) is 30.3 Å². The van der Waals surface area contributed by atoms with Crippen LogP contribution in [0.1, 0.15) is 0 Å². The number of ether oxygens (including phenoxy) is 1. The number of amides is 1. The average molecular weight is 306 g/mol. The van der Waals surface area contributed by atoms with E-state index in [2.05, 4.69) is 10.6 Å². The lowest BCUT2D eigenvalue weighted by molar-refractivity contribution is -0.119. The monoisotopic (exact) mass is 306 g/mol. The first-order valence-corrected chi connectivity index (χ1v) is 6.78. The second-order valence-electron chi connectivity index (χ2n) is 4.49. The van der Waals surface area contributed by atoms with E-state index in [0.717, 1.165) is 23.9 Å². The summed E-state index contributed by atoms with van der Waals surface area (Å²) in [7, 11) is 0. The molecule has 1 amide bonds. The maximum Gasteiger partial charge on any atom is 0.239 e. The molecule has 0 fully saturated rings. The SMILES string of the molecule is O=C(CNc1cc(F)ccc1F)NCCOc1ccccc1. The maximum absolute atomic E-state index is 13.3. The van der Waals surface area contributed by atoms with Crippen molar-refractivity contribution >= 4 is 11.6 Å². The Morgan fingerprint density at radius 2 is 1.86 bits per heavy atom. The van der Waals surface area contributed by atoms with Crippen molar-refractivity contribution in [1.82, 2.24) is 5.32 Å². The summed E-state index contributed by atoms with van der Waals surface area (Å²) in [6, 6.07) is 12.2. The molecular formula is C16H16F2N2O2. The highest BCUT2D eigenvalue weighted by molar-refractivity contribution is 5.80. The van der Waals surface area contributed by atoms with Crippen LogP contribution in [0.5, 0.6) is 5.75 Å². The van der Waals surface area contributed by atoms with Gasteiger partial charge in [0, 0.05) is 0 Å². The van der Waals surface area contributed by atoms with Gasteiger partial charge in [0.15, 0.2) is 0 Å². The number of rotatable bonds is 7. The molecular weight excluding hydrogens is 290 g/mol. The molecule has 0 aliphatic heterocycles. The molecule has 0 bridgehead atoms. The van der Waals surface area contributed by atoms with E-state index in [4.69, 9.17) is 4.74 Å². The second-order valence-corrected chi connectivity index (χ2v) is 4.49. The Bertz CT molecular complexity index is 621. The zero-order chi connectivity index (χ0) is 15.8. The van der Waals surface area contributed by atoms with Gasteiger partial charge in [0.05, 0.1) is 18.8 Å². The number of hydrogen-bond donors (Lipinski definition) is 2. The summed E-state index contributed by atoms with van der Waals surface area (Å²) in [4.78, 5) is 11.6. The summed E-state index contributed by atoms with van der Waals surface area (Å²) >= 11 is 0. The van der Waals surface area contributed by atoms with E-state index in [0.29, 0.717) is 13.2 Å². The van der Waals surface area contributed by atoms with Crippen molar-refractivity contribution in [2.24, 2.45) is 0 Å². The van der Waals surface area contributed by atoms with Crippen molar-refractivity contribution in [3.8, 4) is 5.75 Å². The van der Waals surface area contributed by atoms with E-state index in [9.17, 15) is 13.6 Å². The summed E-state index contributed by atoms with van der Waals surface area (Å²) in [5.74, 6) is -0.792. The fourth-order valence-corrected chi connectivity index (χ4v) is 1.75. The molecule has 0 atom stereocenters. The number of carbonyl (C=O) groups is 1. The molecule has 22 heavy (non-hydrogen) atoms. The summed E-state index contributed by atoms with van der Waals surface area (Å²) in [5.41, 5.74) is -0.0457. The van der Waals surface area contributed by atoms with Crippen LogP contribution < -0.4 is 15.4 Å². The zero-order valence-corrected chi connectivity index (χ0v) is 11.8. The molecule has 2 N–H and O–H groups in total. The van der Waals surface area contributed by atoms with Crippen LogP contribution in [-0.2, 0) is 4.79 Å². The Labute approximate surface area is 127 Å². The predicted molar refractivity (Wildman–Crippen MR) is 79.8 cm³/mol. The van der Waals surface area contributed by atoms with Crippen LogP contribution >= 0.6 is 0 Å². The van der Waals surface area contributed by atoms with Crippen LogP contribution in [0, 0.1) is 11.6 Å². The summed E-state index contributed by atoms with van der Waals surface area (Å²) in [5, 5.41) is 5.16. The second kappa shape index (κ2) is 7.97. The Balaban J connectivity index is 1.67. The highest BCUT2D eigenvalue weighted by atomic mass is 19.1. The van der Waals surface area contributed by atoms with E-state index < -0.39 is 11.6 Å². The molecule has 0 aromatic heterocycles. The minimum Gasteiger partial charge on any atom is -0.492 e. The van der Waals surface area contributed by atoms with Crippen molar-refractivity contribution in [3.05, 3.63) is 60.2 Å². The largest absolute Gasteiger partial charge is 0.492 e. The molecule has 2 rings (SSSR count). The number of carbonyl (C=O) groups excluding carboxylic acids is 1. The Hall–Kier alpha value is -2.63. The Morgan fingerprint density at radius 1 is 1.09 bits per heavy atom. The molecule has 4 nitrogen and oxygen atoms in total. The smallest absolute Gasteiger partial charge is 0.239 e. The Kier molecular flexibility index (Phi) is 5.71. The molecule has 0 saturated heterocycles. The third kappa shape index (κ3) is 5.05. The first-order valence-electron chi connectivity index (χ1n) is 6.78. The van der Waals surface area contributed by atoms with Crippen molar-refractivity contribution in [2.45, 2.75) is 0 Å². The highest BCUT2D eigenvalue weighted by Crippen LogP contribution is 2.14. The van der Waals surface area contributed by atoms with Gasteiger partial charge in [0.2, 0.25) is 5.91 Å². The first kappa shape index (κ1) is 15.8. The Morgan fingerprint density at radius 3 is 2.64 bits per heavy atom. The number of benzene rings is 2. The minimum atomic E-state index is -0.610. The van der Waals surface area contributed by atoms with Gasteiger partial charge in [0.25, 0.3) is 0 Å². The molecule has 0 unspecified atom stereocenters. The molecule has 0 aliphatic carbocycles. The van der Waals surface area contributed by atoms with Crippen LogP contribution in [0.4, 0.5) is 14.5 Å². The molecule has 116 valence electrons. The minimum absolute atomic E-state index is 0.0457. The van der Waals surface area contributed by atoms with E-state index in [-0.39, 0.29) is 18.1 Å². The molecule has 2 aromatic rings. The van der Waals surface area contributed by atoms with Gasteiger partial charge in [-0.2, -0.15) is 0 Å². The first-order chi connectivity index (χ1) is 10.6. The van der Waals surface area contributed by atoms with Crippen molar-refractivity contribution in [1.29, 1.82) is 0 Å². The summed E-state index contributed by atoms with van der Waals surface area (Å²) in [6.07, 6.45) is 0. The molecule has 0 saturated carbocycles. The molecule has 2 aromatic carbocycles. The lowest BCUT2D eigenvalue weighted by Gasteiger charge is -2.09. The van der Waals surface area contributed by atoms with Crippen LogP contribution in [0.3, 0.4) is 0 Å². The molecule has 0 heterocycles. The summed E-state index contributed by atoms with van der Waals surface area (Å²) < 4.78 is 31.7. The summed E-state index contributed by atoms with van der Waals surface area (Å²) in [6.45, 7) is 0.497. The van der Waals surface area contributed by atoms with Crippen molar-refractivity contribution in [3.63, 3.8) is 0 Å². The van der Waals surface area contributed by atoms with Crippen LogP contribution in [0.15, 0.2) is 48.5 Å². The van der Waals surface area contributed by atoms with E-state index in [1.165, 1.54) is 0 Å². The third-order valence-corrected chi connectivity index (χ3v) is 2.80. The molecule has 6 heteroatoms. The molecule has 0 radical (unpaired) electrons. The van der Waals surface area contributed by atoms with Gasteiger partial charge >= 0.3 is 0 Å². The van der Waals surface area contributed by atoms with Gasteiger partial charge in [-0.1, -0.05) is 18.2 Å².